The van der Waals surface area contributed by atoms with Gasteiger partial charge in [-0.1, -0.05) is 29.8 Å². The van der Waals surface area contributed by atoms with Crippen molar-refractivity contribution >= 4 is 29.0 Å². The Labute approximate surface area is 174 Å². The maximum absolute atomic E-state index is 12.7. The number of hydrogen-bond donors (Lipinski definition) is 1. The molecule has 2 aromatic carbocycles. The molecule has 0 atom stereocenters. The number of thiazole rings is 1. The standard InChI is InChI=1S/C21H17F3N2O3S/c1-3-29-20(28)16-17(26-19(30-16)14-6-4-12(2)5-7-14)25-18(27)13-8-10-15(11-9-13)21(22,23)24/h4-11H,3H2,1-2H3,(H,25,27). The van der Waals surface area contributed by atoms with Crippen LogP contribution in [0.1, 0.15) is 38.1 Å². The van der Waals surface area contributed by atoms with Gasteiger partial charge in [-0.15, -0.1) is 11.3 Å². The van der Waals surface area contributed by atoms with Gasteiger partial charge in [-0.25, -0.2) is 9.78 Å². The molecule has 0 aliphatic carbocycles. The van der Waals surface area contributed by atoms with Gasteiger partial charge in [0.25, 0.3) is 5.91 Å². The number of aryl methyl sites for hydroxylation is 1. The van der Waals surface area contributed by atoms with Crippen LogP contribution < -0.4 is 5.32 Å². The molecule has 0 saturated heterocycles. The van der Waals surface area contributed by atoms with Gasteiger partial charge < -0.3 is 10.1 Å². The summed E-state index contributed by atoms with van der Waals surface area (Å²) in [4.78, 5) is 29.3. The SMILES string of the molecule is CCOC(=O)c1sc(-c2ccc(C)cc2)nc1NC(=O)c1ccc(C(F)(F)F)cc1. The Hall–Kier alpha value is -3.20. The fourth-order valence-corrected chi connectivity index (χ4v) is 3.47. The summed E-state index contributed by atoms with van der Waals surface area (Å²) in [6.45, 7) is 3.73. The lowest BCUT2D eigenvalue weighted by atomic mass is 10.1. The van der Waals surface area contributed by atoms with Gasteiger partial charge in [0.15, 0.2) is 10.7 Å². The van der Waals surface area contributed by atoms with Gasteiger partial charge in [0.1, 0.15) is 5.01 Å². The predicted octanol–water partition coefficient (Wildman–Crippen LogP) is 5.57. The Morgan fingerprint density at radius 2 is 1.70 bits per heavy atom. The summed E-state index contributed by atoms with van der Waals surface area (Å²) in [5.74, 6) is -1.33. The van der Waals surface area contributed by atoms with E-state index >= 15 is 0 Å². The minimum Gasteiger partial charge on any atom is -0.462 e. The predicted molar refractivity (Wildman–Crippen MR) is 108 cm³/mol. The van der Waals surface area contributed by atoms with E-state index in [0.29, 0.717) is 5.01 Å². The smallest absolute Gasteiger partial charge is 0.416 e. The average molecular weight is 434 g/mol. The number of amides is 1. The number of nitrogens with one attached hydrogen (secondary N) is 1. The molecule has 0 aliphatic rings. The molecule has 0 radical (unpaired) electrons. The summed E-state index contributed by atoms with van der Waals surface area (Å²) in [6, 6.07) is 11.2. The van der Waals surface area contributed by atoms with Crippen LogP contribution in [0.25, 0.3) is 10.6 Å². The molecule has 0 aliphatic heterocycles. The fourth-order valence-electron chi connectivity index (χ4n) is 2.55. The lowest BCUT2D eigenvalue weighted by Gasteiger charge is -2.08. The Bertz CT molecular complexity index is 1060. The van der Waals surface area contributed by atoms with E-state index in [4.69, 9.17) is 4.74 Å². The number of nitrogens with zero attached hydrogens (tertiary/aromatic N) is 1. The third kappa shape index (κ3) is 4.85. The Kier molecular flexibility index (Phi) is 6.21. The highest BCUT2D eigenvalue weighted by molar-refractivity contribution is 7.17. The molecule has 3 rings (SSSR count). The van der Waals surface area contributed by atoms with Gasteiger partial charge in [-0.05, 0) is 38.1 Å². The van der Waals surface area contributed by atoms with Crippen molar-refractivity contribution in [3.63, 3.8) is 0 Å². The molecule has 0 bridgehead atoms. The molecule has 1 amide bonds. The minimum absolute atomic E-state index is 0.000997. The van der Waals surface area contributed by atoms with E-state index < -0.39 is 23.6 Å². The highest BCUT2D eigenvalue weighted by atomic mass is 32.1. The zero-order valence-corrected chi connectivity index (χ0v) is 16.9. The van der Waals surface area contributed by atoms with Crippen molar-refractivity contribution in [1.82, 2.24) is 4.98 Å². The number of alkyl halides is 3. The maximum Gasteiger partial charge on any atom is 0.416 e. The van der Waals surface area contributed by atoms with Crippen LogP contribution in [0.4, 0.5) is 19.0 Å². The molecule has 0 saturated carbocycles. The van der Waals surface area contributed by atoms with Crippen molar-refractivity contribution < 1.29 is 27.5 Å². The number of anilines is 1. The van der Waals surface area contributed by atoms with Crippen LogP contribution in [0.3, 0.4) is 0 Å². The monoisotopic (exact) mass is 434 g/mol. The minimum atomic E-state index is -4.50. The molecular formula is C21H17F3N2O3S. The molecule has 1 N–H and O–H groups in total. The van der Waals surface area contributed by atoms with E-state index in [9.17, 15) is 22.8 Å². The van der Waals surface area contributed by atoms with Crippen molar-refractivity contribution in [2.75, 3.05) is 11.9 Å². The number of ether oxygens (including phenoxy) is 1. The van der Waals surface area contributed by atoms with Crippen LogP contribution in [0, 0.1) is 6.92 Å². The van der Waals surface area contributed by atoms with E-state index in [2.05, 4.69) is 10.3 Å². The van der Waals surface area contributed by atoms with Crippen molar-refractivity contribution in [3.8, 4) is 10.6 Å². The number of aromatic nitrogens is 1. The van der Waals surface area contributed by atoms with Crippen molar-refractivity contribution in [1.29, 1.82) is 0 Å². The summed E-state index contributed by atoms with van der Waals surface area (Å²) < 4.78 is 43.2. The number of carbonyl (C=O) groups excluding carboxylic acids is 2. The van der Waals surface area contributed by atoms with Gasteiger partial charge in [0.2, 0.25) is 0 Å². The van der Waals surface area contributed by atoms with E-state index in [1.165, 1.54) is 0 Å². The summed E-state index contributed by atoms with van der Waals surface area (Å²) in [6.07, 6.45) is -4.50. The third-order valence-corrected chi connectivity index (χ3v) is 5.18. The first kappa shape index (κ1) is 21.5. The zero-order chi connectivity index (χ0) is 21.9. The molecule has 5 nitrogen and oxygen atoms in total. The molecule has 3 aromatic rings. The summed E-state index contributed by atoms with van der Waals surface area (Å²) in [5, 5.41) is 3.00. The fraction of sp³-hybridized carbons (Fsp3) is 0.190. The summed E-state index contributed by atoms with van der Waals surface area (Å²) >= 11 is 1.06. The second-order valence-corrected chi connectivity index (χ2v) is 7.31. The first-order valence-corrected chi connectivity index (χ1v) is 9.74. The van der Waals surface area contributed by atoms with Crippen LogP contribution >= 0.6 is 11.3 Å². The Balaban J connectivity index is 1.90. The van der Waals surface area contributed by atoms with Crippen LogP contribution in [0.2, 0.25) is 0 Å². The van der Waals surface area contributed by atoms with Gasteiger partial charge >= 0.3 is 12.1 Å². The molecule has 0 spiro atoms. The quantitative estimate of drug-likeness (QED) is 0.534. The number of esters is 1. The summed E-state index contributed by atoms with van der Waals surface area (Å²) in [7, 11) is 0. The largest absolute Gasteiger partial charge is 0.462 e. The van der Waals surface area contributed by atoms with Crippen LogP contribution in [0.5, 0.6) is 0 Å². The van der Waals surface area contributed by atoms with E-state index in [1.54, 1.807) is 6.92 Å². The van der Waals surface area contributed by atoms with Gasteiger partial charge in [-0.2, -0.15) is 13.2 Å². The molecule has 0 unspecified atom stereocenters. The molecule has 30 heavy (non-hydrogen) atoms. The lowest BCUT2D eigenvalue weighted by molar-refractivity contribution is -0.137. The number of benzene rings is 2. The maximum atomic E-state index is 12.7. The Morgan fingerprint density at radius 1 is 1.07 bits per heavy atom. The number of rotatable bonds is 5. The second kappa shape index (κ2) is 8.66. The molecule has 1 heterocycles. The first-order chi connectivity index (χ1) is 14.2. The van der Waals surface area contributed by atoms with Crippen LogP contribution in [-0.2, 0) is 10.9 Å². The lowest BCUT2D eigenvalue weighted by Crippen LogP contribution is -2.15. The average Bonchev–Trinajstić information content (AvgIpc) is 3.12. The van der Waals surface area contributed by atoms with Crippen molar-refractivity contribution in [3.05, 3.63) is 70.1 Å². The van der Waals surface area contributed by atoms with Crippen LogP contribution in [0.15, 0.2) is 48.5 Å². The van der Waals surface area contributed by atoms with E-state index in [0.717, 1.165) is 46.7 Å². The third-order valence-electron chi connectivity index (χ3n) is 4.09. The van der Waals surface area contributed by atoms with E-state index in [1.807, 2.05) is 31.2 Å². The number of carbonyl (C=O) groups is 2. The summed E-state index contributed by atoms with van der Waals surface area (Å²) in [5.41, 5.74) is 0.951. The molecular weight excluding hydrogens is 417 g/mol. The number of halogens is 3. The molecule has 1 aromatic heterocycles. The molecule has 156 valence electrons. The van der Waals surface area contributed by atoms with Crippen LogP contribution in [-0.4, -0.2) is 23.5 Å². The van der Waals surface area contributed by atoms with Gasteiger partial charge in [0, 0.05) is 11.1 Å². The zero-order valence-electron chi connectivity index (χ0n) is 16.0. The number of hydrogen-bond acceptors (Lipinski definition) is 5. The molecule has 0 fully saturated rings. The second-order valence-electron chi connectivity index (χ2n) is 6.31. The van der Waals surface area contributed by atoms with Gasteiger partial charge in [-0.3, -0.25) is 4.79 Å². The van der Waals surface area contributed by atoms with Gasteiger partial charge in [0.05, 0.1) is 12.2 Å². The highest BCUT2D eigenvalue weighted by Gasteiger charge is 2.30. The first-order valence-electron chi connectivity index (χ1n) is 8.92. The van der Waals surface area contributed by atoms with E-state index in [-0.39, 0.29) is 22.9 Å². The van der Waals surface area contributed by atoms with Crippen molar-refractivity contribution in [2.45, 2.75) is 20.0 Å². The van der Waals surface area contributed by atoms with Crippen molar-refractivity contribution in [2.24, 2.45) is 0 Å². The molecule has 9 heteroatoms. The highest BCUT2D eigenvalue weighted by Crippen LogP contribution is 2.33. The normalized spacial score (nSPS) is 11.2. The Morgan fingerprint density at radius 3 is 2.27 bits per heavy atom. The topological polar surface area (TPSA) is 68.3 Å².